The predicted molar refractivity (Wildman–Crippen MR) is 81.5 cm³/mol. The molecule has 0 atom stereocenters. The van der Waals surface area contributed by atoms with E-state index in [1.807, 2.05) is 42.7 Å². The number of hydrogen-bond acceptors (Lipinski definition) is 2. The van der Waals surface area contributed by atoms with Crippen LogP contribution in [0.25, 0.3) is 11.3 Å². The number of ether oxygens (including phenoxy) is 1. The monoisotopic (exact) mass is 337 g/mol. The average molecular weight is 338 g/mol. The topological polar surface area (TPSA) is 51.5 Å². The van der Waals surface area contributed by atoms with Crippen LogP contribution in [-0.4, -0.2) is 22.8 Å². The summed E-state index contributed by atoms with van der Waals surface area (Å²) in [5.74, 6) is -0.204. The lowest BCUT2D eigenvalue weighted by molar-refractivity contribution is 0.0683. The molecule has 2 aromatic rings. The van der Waals surface area contributed by atoms with E-state index in [2.05, 4.69) is 15.9 Å². The molecule has 0 aliphatic carbocycles. The average Bonchev–Trinajstić information content (AvgIpc) is 2.84. The summed E-state index contributed by atoms with van der Waals surface area (Å²) < 4.78 is 7.97. The first-order valence-electron chi connectivity index (χ1n) is 6.24. The normalized spacial score (nSPS) is 10.8. The molecule has 0 saturated carbocycles. The SMILES string of the molecule is COc1cc(-c2ccc(C(=O)O)n2C(C)C)ccc1Br. The molecule has 1 heterocycles. The van der Waals surface area contributed by atoms with E-state index in [9.17, 15) is 9.90 Å². The Labute approximate surface area is 126 Å². The summed E-state index contributed by atoms with van der Waals surface area (Å²) in [6, 6.07) is 9.24. The molecule has 0 unspecified atom stereocenters. The highest BCUT2D eigenvalue weighted by atomic mass is 79.9. The third-order valence-corrected chi connectivity index (χ3v) is 3.76. The van der Waals surface area contributed by atoms with E-state index in [-0.39, 0.29) is 11.7 Å². The summed E-state index contributed by atoms with van der Waals surface area (Å²) in [5.41, 5.74) is 2.08. The van der Waals surface area contributed by atoms with Crippen molar-refractivity contribution in [2.45, 2.75) is 19.9 Å². The number of hydrogen-bond donors (Lipinski definition) is 1. The lowest BCUT2D eigenvalue weighted by Crippen LogP contribution is -2.11. The molecule has 1 N–H and O–H groups in total. The van der Waals surface area contributed by atoms with Crippen LogP contribution in [0.15, 0.2) is 34.8 Å². The van der Waals surface area contributed by atoms with E-state index in [1.165, 1.54) is 0 Å². The maximum atomic E-state index is 11.3. The number of benzene rings is 1. The van der Waals surface area contributed by atoms with Crippen LogP contribution in [0.3, 0.4) is 0 Å². The third-order valence-electron chi connectivity index (χ3n) is 3.10. The van der Waals surface area contributed by atoms with Crippen molar-refractivity contribution in [3.8, 4) is 17.0 Å². The van der Waals surface area contributed by atoms with Crippen LogP contribution >= 0.6 is 15.9 Å². The number of carboxylic acid groups (broad SMARTS) is 1. The lowest BCUT2D eigenvalue weighted by atomic mass is 10.1. The van der Waals surface area contributed by atoms with Crippen molar-refractivity contribution in [2.75, 3.05) is 7.11 Å². The number of methoxy groups -OCH3 is 1. The van der Waals surface area contributed by atoms with Gasteiger partial charge in [0.25, 0.3) is 0 Å². The van der Waals surface area contributed by atoms with Gasteiger partial charge in [0.05, 0.1) is 11.6 Å². The summed E-state index contributed by atoms with van der Waals surface area (Å²) in [6.45, 7) is 3.93. The zero-order chi connectivity index (χ0) is 14.9. The molecular weight excluding hydrogens is 322 g/mol. The Hall–Kier alpha value is -1.75. The van der Waals surface area contributed by atoms with Gasteiger partial charge in [-0.05, 0) is 54.0 Å². The second-order valence-corrected chi connectivity index (χ2v) is 5.58. The van der Waals surface area contributed by atoms with Gasteiger partial charge in [-0.2, -0.15) is 0 Å². The molecule has 0 spiro atoms. The molecule has 1 aromatic heterocycles. The Morgan fingerprint density at radius 2 is 2.00 bits per heavy atom. The van der Waals surface area contributed by atoms with Gasteiger partial charge in [0.1, 0.15) is 11.4 Å². The predicted octanol–water partition coefficient (Wildman–Crippen LogP) is 4.21. The summed E-state index contributed by atoms with van der Waals surface area (Å²) in [5, 5.41) is 9.27. The summed E-state index contributed by atoms with van der Waals surface area (Å²) >= 11 is 3.41. The van der Waals surface area contributed by atoms with Crippen molar-refractivity contribution in [1.82, 2.24) is 4.57 Å². The number of halogens is 1. The molecule has 4 nitrogen and oxygen atoms in total. The number of nitrogens with zero attached hydrogens (tertiary/aromatic N) is 1. The van der Waals surface area contributed by atoms with E-state index in [4.69, 9.17) is 4.74 Å². The molecule has 20 heavy (non-hydrogen) atoms. The highest BCUT2D eigenvalue weighted by Crippen LogP contribution is 2.33. The Balaban J connectivity index is 2.61. The van der Waals surface area contributed by atoms with Crippen LogP contribution in [0.2, 0.25) is 0 Å². The highest BCUT2D eigenvalue weighted by molar-refractivity contribution is 9.10. The smallest absolute Gasteiger partial charge is 0.352 e. The van der Waals surface area contributed by atoms with Crippen molar-refractivity contribution in [2.24, 2.45) is 0 Å². The summed E-state index contributed by atoms with van der Waals surface area (Å²) in [4.78, 5) is 11.3. The van der Waals surface area contributed by atoms with Crippen molar-refractivity contribution in [3.63, 3.8) is 0 Å². The zero-order valence-corrected chi connectivity index (χ0v) is 13.1. The van der Waals surface area contributed by atoms with Crippen LogP contribution in [0.5, 0.6) is 5.75 Å². The van der Waals surface area contributed by atoms with Crippen LogP contribution in [0, 0.1) is 0 Å². The van der Waals surface area contributed by atoms with E-state index in [0.717, 1.165) is 21.5 Å². The minimum atomic E-state index is -0.922. The Morgan fingerprint density at radius 1 is 1.30 bits per heavy atom. The molecular formula is C15H16BrNO3. The minimum absolute atomic E-state index is 0.0562. The van der Waals surface area contributed by atoms with E-state index in [0.29, 0.717) is 0 Å². The van der Waals surface area contributed by atoms with Crippen LogP contribution < -0.4 is 4.74 Å². The van der Waals surface area contributed by atoms with Crippen molar-refractivity contribution >= 4 is 21.9 Å². The van der Waals surface area contributed by atoms with Gasteiger partial charge in [0.15, 0.2) is 0 Å². The first-order valence-corrected chi connectivity index (χ1v) is 7.03. The Kier molecular flexibility index (Phi) is 4.18. The largest absolute Gasteiger partial charge is 0.496 e. The van der Waals surface area contributed by atoms with Gasteiger partial charge >= 0.3 is 5.97 Å². The van der Waals surface area contributed by atoms with Crippen molar-refractivity contribution in [1.29, 1.82) is 0 Å². The molecule has 0 amide bonds. The quantitative estimate of drug-likeness (QED) is 0.909. The molecule has 106 valence electrons. The van der Waals surface area contributed by atoms with Gasteiger partial charge in [-0.25, -0.2) is 4.79 Å². The second-order valence-electron chi connectivity index (χ2n) is 4.72. The minimum Gasteiger partial charge on any atom is -0.496 e. The van der Waals surface area contributed by atoms with Crippen LogP contribution in [-0.2, 0) is 0 Å². The van der Waals surface area contributed by atoms with E-state index >= 15 is 0 Å². The second kappa shape index (κ2) is 5.71. The maximum absolute atomic E-state index is 11.3. The highest BCUT2D eigenvalue weighted by Gasteiger charge is 2.17. The van der Waals surface area contributed by atoms with Gasteiger partial charge in [0, 0.05) is 17.3 Å². The summed E-state index contributed by atoms with van der Waals surface area (Å²) in [7, 11) is 1.61. The number of carboxylic acids is 1. The first-order chi connectivity index (χ1) is 9.45. The standard InChI is InChI=1S/C15H16BrNO3/c1-9(2)17-12(6-7-13(17)15(18)19)10-4-5-11(16)14(8-10)20-3/h4-9H,1-3H3,(H,18,19). The lowest BCUT2D eigenvalue weighted by Gasteiger charge is -2.16. The summed E-state index contributed by atoms with van der Waals surface area (Å²) in [6.07, 6.45) is 0. The third kappa shape index (κ3) is 2.58. The van der Waals surface area contributed by atoms with Crippen molar-refractivity contribution in [3.05, 3.63) is 40.5 Å². The molecule has 0 saturated heterocycles. The molecule has 2 rings (SSSR count). The maximum Gasteiger partial charge on any atom is 0.352 e. The molecule has 0 bridgehead atoms. The molecule has 5 heteroatoms. The van der Waals surface area contributed by atoms with Gasteiger partial charge < -0.3 is 14.4 Å². The van der Waals surface area contributed by atoms with Crippen LogP contribution in [0.4, 0.5) is 0 Å². The van der Waals surface area contributed by atoms with E-state index < -0.39 is 5.97 Å². The molecule has 0 aliphatic heterocycles. The fourth-order valence-electron chi connectivity index (χ4n) is 2.23. The molecule has 0 aliphatic rings. The van der Waals surface area contributed by atoms with Gasteiger partial charge in [-0.15, -0.1) is 0 Å². The number of carbonyl (C=O) groups is 1. The fraction of sp³-hybridized carbons (Fsp3) is 0.267. The number of rotatable bonds is 4. The molecule has 1 aromatic carbocycles. The molecule has 0 radical (unpaired) electrons. The fourth-order valence-corrected chi connectivity index (χ4v) is 2.64. The van der Waals surface area contributed by atoms with Gasteiger partial charge in [-0.1, -0.05) is 6.07 Å². The Morgan fingerprint density at radius 3 is 2.55 bits per heavy atom. The van der Waals surface area contributed by atoms with Gasteiger partial charge in [-0.3, -0.25) is 0 Å². The zero-order valence-electron chi connectivity index (χ0n) is 11.6. The Bertz CT molecular complexity index is 647. The van der Waals surface area contributed by atoms with Crippen molar-refractivity contribution < 1.29 is 14.6 Å². The number of aromatic carboxylic acids is 1. The van der Waals surface area contributed by atoms with E-state index in [1.54, 1.807) is 13.2 Å². The number of aromatic nitrogens is 1. The first kappa shape index (κ1) is 14.7. The molecule has 0 fully saturated rings. The van der Waals surface area contributed by atoms with Gasteiger partial charge in [0.2, 0.25) is 0 Å². The van der Waals surface area contributed by atoms with Crippen LogP contribution in [0.1, 0.15) is 30.4 Å².